The monoisotopic (exact) mass is 472 g/mol. The van der Waals surface area contributed by atoms with Gasteiger partial charge in [-0.1, -0.05) is 48.5 Å². The minimum absolute atomic E-state index is 0. The number of hydrogen-bond acceptors (Lipinski definition) is 2. The predicted octanol–water partition coefficient (Wildman–Crippen LogP) is 6.72. The summed E-state index contributed by atoms with van der Waals surface area (Å²) in [5.41, 5.74) is 7.40. The summed E-state index contributed by atoms with van der Waals surface area (Å²) in [4.78, 5) is 0. The topological polar surface area (TPSA) is 24.1 Å². The second-order valence-corrected chi connectivity index (χ2v) is 10.8. The quantitative estimate of drug-likeness (QED) is 0.486. The second kappa shape index (κ2) is 9.66. The highest BCUT2D eigenvalue weighted by Gasteiger charge is 2.48. The maximum absolute atomic E-state index is 4.01. The lowest BCUT2D eigenvalue weighted by molar-refractivity contribution is -0.0103. The van der Waals surface area contributed by atoms with Gasteiger partial charge in [-0.3, -0.25) is 0 Å². The Morgan fingerprint density at radius 3 is 1.38 bits per heavy atom. The van der Waals surface area contributed by atoms with Crippen LogP contribution in [0.3, 0.4) is 0 Å². The summed E-state index contributed by atoms with van der Waals surface area (Å²) in [7, 11) is 0. The number of nitrogens with one attached hydrogen (secondary N) is 2. The van der Waals surface area contributed by atoms with Crippen LogP contribution in [0, 0.1) is 10.8 Å². The van der Waals surface area contributed by atoms with Gasteiger partial charge in [0.2, 0.25) is 0 Å². The van der Waals surface area contributed by atoms with E-state index >= 15 is 0 Å². The van der Waals surface area contributed by atoms with Crippen molar-refractivity contribution in [2.75, 3.05) is 13.1 Å². The highest BCUT2D eigenvalue weighted by atomic mass is 35.5. The largest absolute Gasteiger partial charge is 0.309 e. The van der Waals surface area contributed by atoms with Gasteiger partial charge in [0.25, 0.3) is 0 Å². The second-order valence-electron chi connectivity index (χ2n) is 10.8. The first-order valence-corrected chi connectivity index (χ1v) is 12.4. The molecule has 3 fully saturated rings. The van der Waals surface area contributed by atoms with Gasteiger partial charge in [-0.05, 0) is 97.3 Å². The standard InChI is InChI=1S/C28H36N2.2ClH/c1-3-7-23-21(5-1)9-11-25(23)29-19-27-13-16-28(17-14-27,18-15-27)20-30-26-12-10-22-6-2-4-8-24(22)26;;/h1-8,25-26,29-30H,9-20H2;2*1H. The summed E-state index contributed by atoms with van der Waals surface area (Å²) < 4.78 is 0. The van der Waals surface area contributed by atoms with Gasteiger partial charge in [0.05, 0.1) is 0 Å². The summed E-state index contributed by atoms with van der Waals surface area (Å²) in [5.74, 6) is 0. The molecule has 3 saturated carbocycles. The zero-order valence-electron chi connectivity index (χ0n) is 19.1. The van der Waals surface area contributed by atoms with Crippen LogP contribution >= 0.6 is 24.8 Å². The Bertz CT molecular complexity index is 827. The van der Waals surface area contributed by atoms with E-state index in [1.165, 1.54) is 77.3 Å². The highest BCUT2D eigenvalue weighted by molar-refractivity contribution is 5.85. The van der Waals surface area contributed by atoms with Crippen molar-refractivity contribution >= 4 is 24.8 Å². The van der Waals surface area contributed by atoms with Crippen molar-refractivity contribution in [3.8, 4) is 0 Å². The van der Waals surface area contributed by atoms with E-state index in [9.17, 15) is 0 Å². The Kier molecular flexibility index (Phi) is 7.27. The van der Waals surface area contributed by atoms with Crippen LogP contribution in [0.1, 0.15) is 85.7 Å². The van der Waals surface area contributed by atoms with E-state index in [-0.39, 0.29) is 24.8 Å². The molecule has 174 valence electrons. The third kappa shape index (κ3) is 4.37. The summed E-state index contributed by atoms with van der Waals surface area (Å²) in [6, 6.07) is 19.3. The molecule has 0 aromatic heterocycles. The van der Waals surface area contributed by atoms with Crippen molar-refractivity contribution < 1.29 is 0 Å². The zero-order valence-corrected chi connectivity index (χ0v) is 20.7. The fourth-order valence-electron chi connectivity index (χ4n) is 7.09. The summed E-state index contributed by atoms with van der Waals surface area (Å²) in [5, 5.41) is 8.02. The SMILES string of the molecule is Cl.Cl.c1ccc2c(c1)CCC2NCC12CCC(CNC3CCc4ccccc43)(CC1)CC2. The van der Waals surface area contributed by atoms with E-state index in [0.29, 0.717) is 22.9 Å². The van der Waals surface area contributed by atoms with Gasteiger partial charge in [-0.2, -0.15) is 0 Å². The van der Waals surface area contributed by atoms with Gasteiger partial charge in [0.1, 0.15) is 0 Å². The number of benzene rings is 2. The van der Waals surface area contributed by atoms with Crippen LogP contribution in [0.4, 0.5) is 0 Å². The summed E-state index contributed by atoms with van der Waals surface area (Å²) in [6.07, 6.45) is 13.6. The Morgan fingerprint density at radius 1 is 0.594 bits per heavy atom. The lowest BCUT2D eigenvalue weighted by Gasteiger charge is -2.54. The number of rotatable bonds is 6. The van der Waals surface area contributed by atoms with Gasteiger partial charge in [0.15, 0.2) is 0 Å². The molecule has 5 aliphatic carbocycles. The van der Waals surface area contributed by atoms with Gasteiger partial charge < -0.3 is 10.6 Å². The summed E-state index contributed by atoms with van der Waals surface area (Å²) in [6.45, 7) is 2.46. The molecule has 32 heavy (non-hydrogen) atoms. The number of aryl methyl sites for hydroxylation is 2. The molecular formula is C28H38Cl2N2. The van der Waals surface area contributed by atoms with E-state index in [1.807, 2.05) is 0 Å². The maximum atomic E-state index is 4.01. The third-order valence-corrected chi connectivity index (χ3v) is 9.27. The molecule has 0 radical (unpaired) electrons. The molecule has 2 N–H and O–H groups in total. The Balaban J connectivity index is 0.00000122. The van der Waals surface area contributed by atoms with Crippen LogP contribution in [-0.2, 0) is 12.8 Å². The van der Waals surface area contributed by atoms with Crippen molar-refractivity contribution in [1.82, 2.24) is 10.6 Å². The fourth-order valence-corrected chi connectivity index (χ4v) is 7.09. The first kappa shape index (κ1) is 24.1. The lowest BCUT2D eigenvalue weighted by atomic mass is 9.53. The van der Waals surface area contributed by atoms with Gasteiger partial charge >= 0.3 is 0 Å². The number of hydrogen-bond donors (Lipinski definition) is 2. The molecule has 0 heterocycles. The van der Waals surface area contributed by atoms with Crippen LogP contribution in [0.25, 0.3) is 0 Å². The Hall–Kier alpha value is -1.06. The molecule has 2 aromatic rings. The molecule has 2 bridgehead atoms. The molecule has 5 aliphatic rings. The van der Waals surface area contributed by atoms with Crippen LogP contribution in [0.2, 0.25) is 0 Å². The van der Waals surface area contributed by atoms with E-state index in [0.717, 1.165) is 0 Å². The van der Waals surface area contributed by atoms with E-state index in [4.69, 9.17) is 0 Å². The molecule has 2 aromatic carbocycles. The van der Waals surface area contributed by atoms with E-state index in [1.54, 1.807) is 22.3 Å². The normalized spacial score (nSPS) is 32.0. The van der Waals surface area contributed by atoms with Gasteiger partial charge in [0, 0.05) is 25.2 Å². The molecule has 0 aliphatic heterocycles. The van der Waals surface area contributed by atoms with Crippen LogP contribution in [0.5, 0.6) is 0 Å². The van der Waals surface area contributed by atoms with Crippen molar-refractivity contribution in [2.24, 2.45) is 10.8 Å². The lowest BCUT2D eigenvalue weighted by Crippen LogP contribution is -2.50. The fraction of sp³-hybridized carbons (Fsp3) is 0.571. The average molecular weight is 474 g/mol. The third-order valence-electron chi connectivity index (χ3n) is 9.27. The number of fused-ring (bicyclic) bond motifs is 5. The zero-order chi connectivity index (χ0) is 20.0. The number of halogens is 2. The van der Waals surface area contributed by atoms with Crippen LogP contribution in [-0.4, -0.2) is 13.1 Å². The molecule has 4 heteroatoms. The van der Waals surface area contributed by atoms with Crippen molar-refractivity contribution in [2.45, 2.75) is 76.3 Å². The first-order valence-electron chi connectivity index (χ1n) is 12.4. The Labute approximate surface area is 206 Å². The molecule has 7 rings (SSSR count). The average Bonchev–Trinajstić information content (AvgIpc) is 3.42. The van der Waals surface area contributed by atoms with Crippen molar-refractivity contribution in [3.05, 3.63) is 70.8 Å². The smallest absolute Gasteiger partial charge is 0.0326 e. The van der Waals surface area contributed by atoms with Gasteiger partial charge in [-0.15, -0.1) is 24.8 Å². The minimum atomic E-state index is 0. The van der Waals surface area contributed by atoms with Crippen molar-refractivity contribution in [1.29, 1.82) is 0 Å². The maximum Gasteiger partial charge on any atom is 0.0326 e. The molecular weight excluding hydrogens is 435 g/mol. The molecule has 2 nitrogen and oxygen atoms in total. The molecule has 0 spiro atoms. The highest BCUT2D eigenvalue weighted by Crippen LogP contribution is 2.56. The van der Waals surface area contributed by atoms with Gasteiger partial charge in [-0.25, -0.2) is 0 Å². The molecule has 0 amide bonds. The van der Waals surface area contributed by atoms with Crippen LogP contribution < -0.4 is 10.6 Å². The predicted molar refractivity (Wildman–Crippen MR) is 138 cm³/mol. The minimum Gasteiger partial charge on any atom is -0.309 e. The van der Waals surface area contributed by atoms with Crippen LogP contribution in [0.15, 0.2) is 48.5 Å². The molecule has 2 atom stereocenters. The summed E-state index contributed by atoms with van der Waals surface area (Å²) >= 11 is 0. The van der Waals surface area contributed by atoms with Crippen molar-refractivity contribution in [3.63, 3.8) is 0 Å². The molecule has 2 unspecified atom stereocenters. The molecule has 0 saturated heterocycles. The van der Waals surface area contributed by atoms with E-state index < -0.39 is 0 Å². The Morgan fingerprint density at radius 2 is 0.969 bits per heavy atom. The first-order chi connectivity index (χ1) is 14.7. The van der Waals surface area contributed by atoms with E-state index in [2.05, 4.69) is 59.2 Å².